The minimum absolute atomic E-state index is 0.441. The van der Waals surface area contributed by atoms with E-state index in [1.807, 2.05) is 19.1 Å². The number of carbonyl (C=O) groups excluding carboxylic acids is 2. The smallest absolute Gasteiger partial charge is 0.338 e. The van der Waals surface area contributed by atoms with E-state index >= 15 is 0 Å². The molecule has 4 nitrogen and oxygen atoms in total. The van der Waals surface area contributed by atoms with Gasteiger partial charge in [-0.1, -0.05) is 49.4 Å². The fourth-order valence-electron chi connectivity index (χ4n) is 2.89. The summed E-state index contributed by atoms with van der Waals surface area (Å²) in [6.07, 6.45) is 6.06. The fraction of sp³-hybridized carbons (Fsp3) is 0.217. The van der Waals surface area contributed by atoms with Gasteiger partial charge >= 0.3 is 11.9 Å². The van der Waals surface area contributed by atoms with Gasteiger partial charge in [0.25, 0.3) is 0 Å². The van der Waals surface area contributed by atoms with Gasteiger partial charge in [0.05, 0.1) is 5.56 Å². The largest absolute Gasteiger partial charge is 0.451 e. The number of aryl methyl sites for hydroxylation is 1. The van der Waals surface area contributed by atoms with Crippen molar-refractivity contribution >= 4 is 11.9 Å². The number of cyclic esters (lactones) is 1. The zero-order chi connectivity index (χ0) is 19.2. The molecule has 0 saturated carbocycles. The van der Waals surface area contributed by atoms with Crippen molar-refractivity contribution in [1.82, 2.24) is 0 Å². The van der Waals surface area contributed by atoms with Crippen LogP contribution in [0.25, 0.3) is 11.1 Å². The Hall–Kier alpha value is -3.14. The molecule has 1 aliphatic rings. The molecule has 0 aliphatic carbocycles. The first-order chi connectivity index (χ1) is 13.1. The van der Waals surface area contributed by atoms with Crippen LogP contribution in [0.15, 0.2) is 72.8 Å². The van der Waals surface area contributed by atoms with Gasteiger partial charge in [-0.15, -0.1) is 0 Å². The third-order valence-corrected chi connectivity index (χ3v) is 4.44. The average Bonchev–Trinajstić information content (AvgIpc) is 2.70. The van der Waals surface area contributed by atoms with E-state index in [0.29, 0.717) is 5.56 Å². The minimum atomic E-state index is -0.632. The van der Waals surface area contributed by atoms with E-state index < -0.39 is 24.1 Å². The lowest BCUT2D eigenvalue weighted by Crippen LogP contribution is -2.35. The van der Waals surface area contributed by atoms with Gasteiger partial charge in [0, 0.05) is 6.08 Å². The summed E-state index contributed by atoms with van der Waals surface area (Å²) in [6, 6.07) is 15.7. The number of benzene rings is 2. The summed E-state index contributed by atoms with van der Waals surface area (Å²) in [5, 5.41) is 0. The molecule has 3 rings (SSSR count). The Morgan fingerprint density at radius 2 is 1.70 bits per heavy atom. The SMILES string of the molecule is C/C=C/[C@@H]1OC(=O)C=C[C@@H]1OC(=O)c1ccc(-c2ccc(CC)cc2)cc1. The van der Waals surface area contributed by atoms with Crippen molar-refractivity contribution in [2.45, 2.75) is 32.5 Å². The first-order valence-electron chi connectivity index (χ1n) is 9.02. The van der Waals surface area contributed by atoms with Crippen LogP contribution >= 0.6 is 0 Å². The van der Waals surface area contributed by atoms with Gasteiger partial charge in [0.1, 0.15) is 0 Å². The molecule has 1 heterocycles. The maximum Gasteiger partial charge on any atom is 0.338 e. The highest BCUT2D eigenvalue weighted by Gasteiger charge is 2.28. The number of esters is 2. The quantitative estimate of drug-likeness (QED) is 0.580. The molecule has 2 aromatic rings. The van der Waals surface area contributed by atoms with Gasteiger partial charge in [-0.2, -0.15) is 0 Å². The fourth-order valence-corrected chi connectivity index (χ4v) is 2.89. The van der Waals surface area contributed by atoms with E-state index in [2.05, 4.69) is 31.2 Å². The molecule has 0 saturated heterocycles. The summed E-state index contributed by atoms with van der Waals surface area (Å²) in [5.41, 5.74) is 3.87. The lowest BCUT2D eigenvalue weighted by molar-refractivity contribution is -0.146. The van der Waals surface area contributed by atoms with Crippen molar-refractivity contribution in [3.63, 3.8) is 0 Å². The van der Waals surface area contributed by atoms with Crippen molar-refractivity contribution < 1.29 is 19.1 Å². The van der Waals surface area contributed by atoms with Gasteiger partial charge in [0.2, 0.25) is 0 Å². The zero-order valence-electron chi connectivity index (χ0n) is 15.4. The molecular formula is C23H22O4. The molecule has 0 amide bonds. The van der Waals surface area contributed by atoms with E-state index in [4.69, 9.17) is 9.47 Å². The highest BCUT2D eigenvalue weighted by atomic mass is 16.6. The van der Waals surface area contributed by atoms with E-state index in [0.717, 1.165) is 17.5 Å². The van der Waals surface area contributed by atoms with Gasteiger partial charge in [-0.25, -0.2) is 9.59 Å². The topological polar surface area (TPSA) is 52.6 Å². The number of hydrogen-bond donors (Lipinski definition) is 0. The van der Waals surface area contributed by atoms with Gasteiger partial charge in [-0.3, -0.25) is 0 Å². The minimum Gasteiger partial charge on any atom is -0.451 e. The Labute approximate surface area is 159 Å². The second-order valence-corrected chi connectivity index (χ2v) is 6.28. The predicted molar refractivity (Wildman–Crippen MR) is 104 cm³/mol. The molecule has 0 spiro atoms. The van der Waals surface area contributed by atoms with Crippen LogP contribution in [0, 0.1) is 0 Å². The maximum absolute atomic E-state index is 12.5. The molecular weight excluding hydrogens is 340 g/mol. The van der Waals surface area contributed by atoms with Crippen LogP contribution < -0.4 is 0 Å². The number of hydrogen-bond acceptors (Lipinski definition) is 4. The molecule has 27 heavy (non-hydrogen) atoms. The number of allylic oxidation sites excluding steroid dienone is 1. The second-order valence-electron chi connectivity index (χ2n) is 6.28. The van der Waals surface area contributed by atoms with Crippen molar-refractivity contribution in [2.75, 3.05) is 0 Å². The summed E-state index contributed by atoms with van der Waals surface area (Å²) in [7, 11) is 0. The highest BCUT2D eigenvalue weighted by Crippen LogP contribution is 2.22. The normalized spacial score (nSPS) is 19.1. The van der Waals surface area contributed by atoms with Crippen LogP contribution in [0.3, 0.4) is 0 Å². The Balaban J connectivity index is 1.71. The molecule has 0 N–H and O–H groups in total. The summed E-state index contributed by atoms with van der Waals surface area (Å²) < 4.78 is 10.7. The zero-order valence-corrected chi connectivity index (χ0v) is 15.4. The first kappa shape index (κ1) is 18.6. The standard InChI is InChI=1S/C23H22O4/c1-3-5-20-21(14-15-22(24)26-20)27-23(25)19-12-10-18(11-13-19)17-8-6-16(4-2)7-9-17/h3,5-15,20-21H,4H2,1-2H3/b5-3+/t20-,21-/m0/s1. The molecule has 0 radical (unpaired) electrons. The third-order valence-electron chi connectivity index (χ3n) is 4.44. The van der Waals surface area contributed by atoms with Crippen molar-refractivity contribution in [3.8, 4) is 11.1 Å². The van der Waals surface area contributed by atoms with Crippen LogP contribution in [0.4, 0.5) is 0 Å². The number of rotatable bonds is 5. The summed E-state index contributed by atoms with van der Waals surface area (Å²) in [4.78, 5) is 23.8. The monoisotopic (exact) mass is 362 g/mol. The van der Waals surface area contributed by atoms with Gasteiger partial charge in [-0.05, 0) is 54.3 Å². The first-order valence-corrected chi connectivity index (χ1v) is 9.02. The van der Waals surface area contributed by atoms with Gasteiger partial charge in [0.15, 0.2) is 12.2 Å². The predicted octanol–water partition coefficient (Wildman–Crippen LogP) is 4.50. The second kappa shape index (κ2) is 8.49. The number of carbonyl (C=O) groups is 2. The Morgan fingerprint density at radius 1 is 1.07 bits per heavy atom. The molecule has 4 heteroatoms. The van der Waals surface area contributed by atoms with Crippen LogP contribution in [0.1, 0.15) is 29.8 Å². The molecule has 2 atom stereocenters. The molecule has 0 unspecified atom stereocenters. The van der Waals surface area contributed by atoms with E-state index in [1.54, 1.807) is 30.4 Å². The molecule has 0 bridgehead atoms. The molecule has 0 fully saturated rings. The van der Waals surface area contributed by atoms with E-state index in [1.165, 1.54) is 11.6 Å². The van der Waals surface area contributed by atoms with Crippen molar-refractivity contribution in [3.05, 3.63) is 84.0 Å². The maximum atomic E-state index is 12.5. The highest BCUT2D eigenvalue weighted by molar-refractivity contribution is 5.90. The molecule has 0 aromatic heterocycles. The molecule has 2 aromatic carbocycles. The Morgan fingerprint density at radius 3 is 2.30 bits per heavy atom. The molecule has 138 valence electrons. The average molecular weight is 362 g/mol. The summed E-state index contributed by atoms with van der Waals surface area (Å²) in [6.45, 7) is 3.94. The van der Waals surface area contributed by atoms with Crippen LogP contribution in [0.5, 0.6) is 0 Å². The van der Waals surface area contributed by atoms with Crippen molar-refractivity contribution in [1.29, 1.82) is 0 Å². The number of ether oxygens (including phenoxy) is 2. The van der Waals surface area contributed by atoms with Crippen LogP contribution in [0.2, 0.25) is 0 Å². The summed E-state index contributed by atoms with van der Waals surface area (Å²) >= 11 is 0. The Bertz CT molecular complexity index is 860. The Kier molecular flexibility index (Phi) is 5.87. The van der Waals surface area contributed by atoms with Crippen molar-refractivity contribution in [2.24, 2.45) is 0 Å². The van der Waals surface area contributed by atoms with Crippen LogP contribution in [-0.4, -0.2) is 24.1 Å². The lowest BCUT2D eigenvalue weighted by atomic mass is 10.0. The van der Waals surface area contributed by atoms with E-state index in [9.17, 15) is 9.59 Å². The molecule has 1 aliphatic heterocycles. The van der Waals surface area contributed by atoms with Gasteiger partial charge < -0.3 is 9.47 Å². The third kappa shape index (κ3) is 4.53. The van der Waals surface area contributed by atoms with E-state index in [-0.39, 0.29) is 0 Å². The summed E-state index contributed by atoms with van der Waals surface area (Å²) in [5.74, 6) is -0.895. The lowest BCUT2D eigenvalue weighted by Gasteiger charge is -2.24. The van der Waals surface area contributed by atoms with Crippen LogP contribution in [-0.2, 0) is 20.7 Å².